The van der Waals surface area contributed by atoms with Crippen LogP contribution >= 0.6 is 24.0 Å². The molecule has 0 bridgehead atoms. The Bertz CT molecular complexity index is 806. The van der Waals surface area contributed by atoms with Crippen molar-refractivity contribution in [1.82, 2.24) is 10.2 Å². The summed E-state index contributed by atoms with van der Waals surface area (Å²) >= 11 is 0. The average molecular weight is 487 g/mol. The van der Waals surface area contributed by atoms with E-state index in [4.69, 9.17) is 0 Å². The molecule has 2 aromatic carbocycles. The van der Waals surface area contributed by atoms with Crippen molar-refractivity contribution >= 4 is 39.8 Å². The van der Waals surface area contributed by atoms with Crippen LogP contribution in [-0.2, 0) is 16.4 Å². The number of nitrogens with one attached hydrogen (secondary N) is 1. The van der Waals surface area contributed by atoms with Gasteiger partial charge in [0.1, 0.15) is 0 Å². The molecule has 0 unspecified atom stereocenters. The number of rotatable bonds is 6. The molecule has 0 aliphatic carbocycles. The SMILES string of the molecule is CN=C(NCCS(=O)(=O)c1ccccc1)N(C)Cc1ccc(C)cc1.I. The lowest BCUT2D eigenvalue weighted by Crippen LogP contribution is -2.40. The Labute approximate surface area is 173 Å². The first kappa shape index (κ1) is 22.4. The maximum Gasteiger partial charge on any atom is 0.193 e. The zero-order chi connectivity index (χ0) is 18.3. The predicted octanol–water partition coefficient (Wildman–Crippen LogP) is 3.09. The number of guanidine groups is 1. The van der Waals surface area contributed by atoms with E-state index in [0.717, 1.165) is 0 Å². The summed E-state index contributed by atoms with van der Waals surface area (Å²) in [5, 5.41) is 3.12. The van der Waals surface area contributed by atoms with Crippen LogP contribution in [0.1, 0.15) is 11.1 Å². The molecule has 26 heavy (non-hydrogen) atoms. The third kappa shape index (κ3) is 6.60. The molecule has 0 heterocycles. The minimum absolute atomic E-state index is 0. The lowest BCUT2D eigenvalue weighted by atomic mass is 10.1. The van der Waals surface area contributed by atoms with E-state index in [0.29, 0.717) is 23.9 Å². The molecule has 0 amide bonds. The summed E-state index contributed by atoms with van der Waals surface area (Å²) in [5.41, 5.74) is 2.40. The number of aliphatic imine (C=N–C) groups is 1. The first-order valence-electron chi connectivity index (χ1n) is 8.17. The summed E-state index contributed by atoms with van der Waals surface area (Å²) in [6, 6.07) is 16.8. The third-order valence-corrected chi connectivity index (χ3v) is 5.60. The van der Waals surface area contributed by atoms with Crippen LogP contribution in [0, 0.1) is 6.92 Å². The van der Waals surface area contributed by atoms with Gasteiger partial charge in [-0.1, -0.05) is 48.0 Å². The highest BCUT2D eigenvalue weighted by atomic mass is 127. The summed E-state index contributed by atoms with van der Waals surface area (Å²) in [6.45, 7) is 3.06. The van der Waals surface area contributed by atoms with Crippen LogP contribution in [-0.4, -0.2) is 45.7 Å². The highest BCUT2D eigenvalue weighted by molar-refractivity contribution is 14.0. The van der Waals surface area contributed by atoms with Crippen LogP contribution in [0.25, 0.3) is 0 Å². The Morgan fingerprint density at radius 1 is 1.08 bits per heavy atom. The summed E-state index contributed by atoms with van der Waals surface area (Å²) in [7, 11) is 0.336. The zero-order valence-electron chi connectivity index (χ0n) is 15.3. The number of hydrogen-bond donors (Lipinski definition) is 1. The maximum atomic E-state index is 12.3. The molecule has 7 heteroatoms. The van der Waals surface area contributed by atoms with Gasteiger partial charge in [-0.05, 0) is 24.6 Å². The van der Waals surface area contributed by atoms with Crippen LogP contribution in [0.2, 0.25) is 0 Å². The monoisotopic (exact) mass is 487 g/mol. The molecular weight excluding hydrogens is 461 g/mol. The van der Waals surface area contributed by atoms with Gasteiger partial charge in [-0.15, -0.1) is 24.0 Å². The topological polar surface area (TPSA) is 61.8 Å². The number of sulfone groups is 1. The quantitative estimate of drug-likeness (QED) is 0.387. The van der Waals surface area contributed by atoms with Gasteiger partial charge in [-0.2, -0.15) is 0 Å². The Morgan fingerprint density at radius 3 is 2.27 bits per heavy atom. The van der Waals surface area contributed by atoms with Gasteiger partial charge in [-0.3, -0.25) is 4.99 Å². The normalized spacial score (nSPS) is 11.6. The molecule has 0 spiro atoms. The highest BCUT2D eigenvalue weighted by Gasteiger charge is 2.14. The van der Waals surface area contributed by atoms with Gasteiger partial charge in [0.25, 0.3) is 0 Å². The second kappa shape index (κ2) is 10.5. The average Bonchev–Trinajstić information content (AvgIpc) is 2.61. The fourth-order valence-corrected chi connectivity index (χ4v) is 3.65. The number of benzene rings is 2. The third-order valence-electron chi connectivity index (χ3n) is 3.87. The van der Waals surface area contributed by atoms with E-state index in [1.165, 1.54) is 11.1 Å². The molecule has 142 valence electrons. The van der Waals surface area contributed by atoms with E-state index in [2.05, 4.69) is 41.5 Å². The minimum Gasteiger partial charge on any atom is -0.355 e. The lowest BCUT2D eigenvalue weighted by Gasteiger charge is -2.22. The maximum absolute atomic E-state index is 12.3. The van der Waals surface area contributed by atoms with E-state index in [9.17, 15) is 8.42 Å². The molecule has 0 saturated carbocycles. The van der Waals surface area contributed by atoms with E-state index < -0.39 is 9.84 Å². The van der Waals surface area contributed by atoms with Crippen molar-refractivity contribution in [3.63, 3.8) is 0 Å². The summed E-state index contributed by atoms with van der Waals surface area (Å²) in [5.74, 6) is 0.692. The van der Waals surface area contributed by atoms with Crippen LogP contribution < -0.4 is 5.32 Å². The Kier molecular flexibility index (Phi) is 9.07. The molecule has 0 aliphatic rings. The first-order chi connectivity index (χ1) is 11.9. The minimum atomic E-state index is -3.29. The number of nitrogens with zero attached hydrogens (tertiary/aromatic N) is 2. The van der Waals surface area contributed by atoms with Gasteiger partial charge < -0.3 is 10.2 Å². The smallest absolute Gasteiger partial charge is 0.193 e. The van der Waals surface area contributed by atoms with E-state index in [1.54, 1.807) is 37.4 Å². The van der Waals surface area contributed by atoms with Crippen molar-refractivity contribution < 1.29 is 8.42 Å². The molecule has 0 radical (unpaired) electrons. The fraction of sp³-hybridized carbons (Fsp3) is 0.316. The molecule has 0 fully saturated rings. The molecule has 0 aromatic heterocycles. The zero-order valence-corrected chi connectivity index (χ0v) is 18.5. The van der Waals surface area contributed by atoms with Crippen molar-refractivity contribution in [2.45, 2.75) is 18.4 Å². The summed E-state index contributed by atoms with van der Waals surface area (Å²) in [4.78, 5) is 6.55. The Hall–Kier alpha value is -1.61. The molecule has 2 aromatic rings. The number of halogens is 1. The Morgan fingerprint density at radius 2 is 1.69 bits per heavy atom. The number of aryl methyl sites for hydroxylation is 1. The fourth-order valence-electron chi connectivity index (χ4n) is 2.47. The van der Waals surface area contributed by atoms with Gasteiger partial charge >= 0.3 is 0 Å². The molecule has 5 nitrogen and oxygen atoms in total. The first-order valence-corrected chi connectivity index (χ1v) is 9.83. The van der Waals surface area contributed by atoms with Gasteiger partial charge in [0, 0.05) is 27.2 Å². The standard InChI is InChI=1S/C19H25N3O2S.HI/c1-16-9-11-17(12-10-16)15-22(3)19(20-2)21-13-14-25(23,24)18-7-5-4-6-8-18;/h4-12H,13-15H2,1-3H3,(H,20,21);1H. The highest BCUT2D eigenvalue weighted by Crippen LogP contribution is 2.09. The van der Waals surface area contributed by atoms with Crippen LogP contribution in [0.4, 0.5) is 0 Å². The molecule has 0 atom stereocenters. The van der Waals surface area contributed by atoms with Crippen molar-refractivity contribution in [1.29, 1.82) is 0 Å². The van der Waals surface area contributed by atoms with Crippen LogP contribution in [0.5, 0.6) is 0 Å². The summed E-state index contributed by atoms with van der Waals surface area (Å²) in [6.07, 6.45) is 0. The second-order valence-electron chi connectivity index (χ2n) is 5.95. The van der Waals surface area contributed by atoms with Gasteiger partial charge in [-0.25, -0.2) is 8.42 Å². The van der Waals surface area contributed by atoms with Crippen LogP contribution in [0.15, 0.2) is 64.5 Å². The van der Waals surface area contributed by atoms with Crippen molar-refractivity contribution in [3.05, 3.63) is 65.7 Å². The largest absolute Gasteiger partial charge is 0.355 e. The van der Waals surface area contributed by atoms with Crippen molar-refractivity contribution in [3.8, 4) is 0 Å². The van der Waals surface area contributed by atoms with Gasteiger partial charge in [0.2, 0.25) is 0 Å². The van der Waals surface area contributed by atoms with Crippen LogP contribution in [0.3, 0.4) is 0 Å². The molecule has 0 aliphatic heterocycles. The molecule has 2 rings (SSSR count). The molecule has 1 N–H and O–H groups in total. The van der Waals surface area contributed by atoms with Crippen molar-refractivity contribution in [2.24, 2.45) is 4.99 Å². The molecular formula is C19H26IN3O2S. The number of hydrogen-bond acceptors (Lipinski definition) is 3. The van der Waals surface area contributed by atoms with Gasteiger partial charge in [0.15, 0.2) is 15.8 Å². The lowest BCUT2D eigenvalue weighted by molar-refractivity contribution is 0.478. The second-order valence-corrected chi connectivity index (χ2v) is 8.06. The Balaban J connectivity index is 0.00000338. The predicted molar refractivity (Wildman–Crippen MR) is 118 cm³/mol. The van der Waals surface area contributed by atoms with E-state index in [-0.39, 0.29) is 29.7 Å². The van der Waals surface area contributed by atoms with Gasteiger partial charge in [0.05, 0.1) is 10.6 Å². The van der Waals surface area contributed by atoms with E-state index in [1.807, 2.05) is 11.9 Å². The molecule has 0 saturated heterocycles. The summed E-state index contributed by atoms with van der Waals surface area (Å²) < 4.78 is 24.6. The van der Waals surface area contributed by atoms with E-state index >= 15 is 0 Å². The van der Waals surface area contributed by atoms with Crippen molar-refractivity contribution in [2.75, 3.05) is 26.4 Å².